The van der Waals surface area contributed by atoms with Crippen molar-refractivity contribution >= 4 is 11.6 Å². The van der Waals surface area contributed by atoms with Crippen molar-refractivity contribution in [1.82, 2.24) is 4.90 Å². The molecule has 1 amide bonds. The molecule has 0 bridgehead atoms. The van der Waals surface area contributed by atoms with Crippen LogP contribution in [-0.2, 0) is 4.79 Å². The molecule has 1 saturated heterocycles. The molecule has 106 valence electrons. The highest BCUT2D eigenvalue weighted by Crippen LogP contribution is 2.30. The van der Waals surface area contributed by atoms with Gasteiger partial charge in [-0.3, -0.25) is 9.69 Å². The quantitative estimate of drug-likeness (QED) is 0.919. The molecule has 1 atom stereocenters. The first-order valence-electron chi connectivity index (χ1n) is 7.02. The maximum Gasteiger partial charge on any atom is 0.241 e. The maximum atomic E-state index is 12.3. The summed E-state index contributed by atoms with van der Waals surface area (Å²) in [6.07, 6.45) is 2.27. The molecule has 0 aromatic heterocycles. The summed E-state index contributed by atoms with van der Waals surface area (Å²) < 4.78 is 0. The number of anilines is 1. The Morgan fingerprint density at radius 1 is 1.40 bits per heavy atom. The molecule has 0 radical (unpaired) electrons. The summed E-state index contributed by atoms with van der Waals surface area (Å²) in [7, 11) is 0. The van der Waals surface area contributed by atoms with E-state index in [1.807, 2.05) is 6.92 Å². The van der Waals surface area contributed by atoms with Gasteiger partial charge in [-0.1, -0.05) is 0 Å². The van der Waals surface area contributed by atoms with E-state index in [1.54, 1.807) is 24.3 Å². The molecule has 1 fully saturated rings. The van der Waals surface area contributed by atoms with Gasteiger partial charge in [-0.15, -0.1) is 0 Å². The number of nitriles is 1. The fourth-order valence-corrected chi connectivity index (χ4v) is 2.86. The van der Waals surface area contributed by atoms with Gasteiger partial charge < -0.3 is 5.32 Å². The van der Waals surface area contributed by atoms with Gasteiger partial charge in [0.05, 0.1) is 17.7 Å². The van der Waals surface area contributed by atoms with Gasteiger partial charge in [-0.25, -0.2) is 0 Å². The average Bonchev–Trinajstić information content (AvgIpc) is 2.78. The Kier molecular flexibility index (Phi) is 4.10. The molecule has 2 rings (SSSR count). The molecule has 1 aromatic carbocycles. The van der Waals surface area contributed by atoms with Gasteiger partial charge in [0.15, 0.2) is 0 Å². The number of nitrogens with zero attached hydrogens (tertiary/aromatic N) is 2. The molecule has 1 N–H and O–H groups in total. The predicted molar refractivity (Wildman–Crippen MR) is 79.3 cm³/mol. The lowest BCUT2D eigenvalue weighted by atomic mass is 10.0. The standard InChI is InChI=1S/C16H21N3O/c1-12(19-10-4-9-16(19,2)3)15(20)18-14-7-5-13(11-17)6-8-14/h5-8,12H,4,9-10H2,1-3H3,(H,18,20). The van der Waals surface area contributed by atoms with Crippen LogP contribution in [0.4, 0.5) is 5.69 Å². The van der Waals surface area contributed by atoms with E-state index in [-0.39, 0.29) is 17.5 Å². The molecular formula is C16H21N3O. The number of amides is 1. The summed E-state index contributed by atoms with van der Waals surface area (Å²) in [6, 6.07) is 8.86. The van der Waals surface area contributed by atoms with Gasteiger partial charge in [-0.05, 0) is 64.4 Å². The first-order valence-corrected chi connectivity index (χ1v) is 7.02. The summed E-state index contributed by atoms with van der Waals surface area (Å²) >= 11 is 0. The number of likely N-dealkylation sites (tertiary alicyclic amines) is 1. The maximum absolute atomic E-state index is 12.3. The van der Waals surface area contributed by atoms with Gasteiger partial charge in [0.1, 0.15) is 0 Å². The van der Waals surface area contributed by atoms with Crippen LogP contribution in [0.25, 0.3) is 0 Å². The van der Waals surface area contributed by atoms with Gasteiger partial charge >= 0.3 is 0 Å². The largest absolute Gasteiger partial charge is 0.325 e. The minimum atomic E-state index is -0.150. The highest BCUT2D eigenvalue weighted by Gasteiger charge is 2.37. The fraction of sp³-hybridized carbons (Fsp3) is 0.500. The number of nitrogens with one attached hydrogen (secondary N) is 1. The Labute approximate surface area is 120 Å². The molecule has 4 nitrogen and oxygen atoms in total. The summed E-state index contributed by atoms with van der Waals surface area (Å²) in [5.41, 5.74) is 1.41. The zero-order chi connectivity index (χ0) is 14.8. The highest BCUT2D eigenvalue weighted by atomic mass is 16.2. The summed E-state index contributed by atoms with van der Waals surface area (Å²) in [6.45, 7) is 7.29. The first-order chi connectivity index (χ1) is 9.44. The van der Waals surface area contributed by atoms with Crippen LogP contribution in [0.3, 0.4) is 0 Å². The van der Waals surface area contributed by atoms with Crippen molar-refractivity contribution < 1.29 is 4.79 Å². The van der Waals surface area contributed by atoms with Crippen LogP contribution in [0.5, 0.6) is 0 Å². The smallest absolute Gasteiger partial charge is 0.241 e. The minimum Gasteiger partial charge on any atom is -0.325 e. The molecule has 1 aliphatic rings. The normalized spacial score (nSPS) is 19.3. The van der Waals surface area contributed by atoms with E-state index < -0.39 is 0 Å². The van der Waals surface area contributed by atoms with E-state index in [9.17, 15) is 4.79 Å². The van der Waals surface area contributed by atoms with Crippen molar-refractivity contribution in [1.29, 1.82) is 5.26 Å². The number of hydrogen-bond acceptors (Lipinski definition) is 3. The number of benzene rings is 1. The molecule has 0 aliphatic carbocycles. The van der Waals surface area contributed by atoms with Crippen molar-refractivity contribution in [3.8, 4) is 6.07 Å². The Balaban J connectivity index is 2.02. The zero-order valence-electron chi connectivity index (χ0n) is 12.3. The second-order valence-corrected chi connectivity index (χ2v) is 5.96. The first kappa shape index (κ1) is 14.5. The third-order valence-corrected chi connectivity index (χ3v) is 4.09. The van der Waals surface area contributed by atoms with Crippen LogP contribution in [0.15, 0.2) is 24.3 Å². The van der Waals surface area contributed by atoms with Crippen molar-refractivity contribution in [2.75, 3.05) is 11.9 Å². The Bertz CT molecular complexity index is 528. The second-order valence-electron chi connectivity index (χ2n) is 5.96. The van der Waals surface area contributed by atoms with Gasteiger partial charge in [-0.2, -0.15) is 5.26 Å². The zero-order valence-corrected chi connectivity index (χ0v) is 12.3. The lowest BCUT2D eigenvalue weighted by Gasteiger charge is -2.35. The van der Waals surface area contributed by atoms with Gasteiger partial charge in [0.2, 0.25) is 5.91 Å². The fourth-order valence-electron chi connectivity index (χ4n) is 2.86. The number of carbonyl (C=O) groups is 1. The lowest BCUT2D eigenvalue weighted by Crippen LogP contribution is -2.49. The van der Waals surface area contributed by atoms with E-state index in [2.05, 4.69) is 30.1 Å². The van der Waals surface area contributed by atoms with Crippen LogP contribution in [0.2, 0.25) is 0 Å². The van der Waals surface area contributed by atoms with Crippen LogP contribution in [0.1, 0.15) is 39.2 Å². The molecule has 20 heavy (non-hydrogen) atoms. The van der Waals surface area contributed by atoms with Gasteiger partial charge in [0.25, 0.3) is 0 Å². The number of carbonyl (C=O) groups excluding carboxylic acids is 1. The highest BCUT2D eigenvalue weighted by molar-refractivity contribution is 5.94. The van der Waals surface area contributed by atoms with Gasteiger partial charge in [0, 0.05) is 11.2 Å². The second kappa shape index (κ2) is 5.64. The van der Waals surface area contributed by atoms with Crippen molar-refractivity contribution in [3.63, 3.8) is 0 Å². The summed E-state index contributed by atoms with van der Waals surface area (Å²) in [4.78, 5) is 14.6. The molecule has 0 spiro atoms. The van der Waals surface area contributed by atoms with Crippen LogP contribution in [-0.4, -0.2) is 28.9 Å². The predicted octanol–water partition coefficient (Wildman–Crippen LogP) is 2.76. The monoisotopic (exact) mass is 271 g/mol. The van der Waals surface area contributed by atoms with Crippen LogP contribution in [0, 0.1) is 11.3 Å². The molecule has 0 saturated carbocycles. The third-order valence-electron chi connectivity index (χ3n) is 4.09. The van der Waals surface area contributed by atoms with E-state index in [0.29, 0.717) is 5.56 Å². The lowest BCUT2D eigenvalue weighted by molar-refractivity contribution is -0.122. The summed E-state index contributed by atoms with van der Waals surface area (Å²) in [5, 5.41) is 11.7. The van der Waals surface area contributed by atoms with Crippen molar-refractivity contribution in [2.24, 2.45) is 0 Å². The topological polar surface area (TPSA) is 56.1 Å². The average molecular weight is 271 g/mol. The minimum absolute atomic E-state index is 0.00434. The molecule has 1 aromatic rings. The SMILES string of the molecule is CC(C(=O)Nc1ccc(C#N)cc1)N1CCCC1(C)C. The van der Waals surface area contributed by atoms with Crippen LogP contribution >= 0.6 is 0 Å². The Hall–Kier alpha value is -1.86. The van der Waals surface area contributed by atoms with Crippen LogP contribution < -0.4 is 5.32 Å². The van der Waals surface area contributed by atoms with E-state index in [1.165, 1.54) is 0 Å². The Morgan fingerprint density at radius 3 is 2.55 bits per heavy atom. The van der Waals surface area contributed by atoms with Crippen molar-refractivity contribution in [3.05, 3.63) is 29.8 Å². The van der Waals surface area contributed by atoms with E-state index >= 15 is 0 Å². The van der Waals surface area contributed by atoms with E-state index in [0.717, 1.165) is 25.1 Å². The molecule has 1 unspecified atom stereocenters. The van der Waals surface area contributed by atoms with Crippen molar-refractivity contribution in [2.45, 2.75) is 45.2 Å². The summed E-state index contributed by atoms with van der Waals surface area (Å²) in [5.74, 6) is 0.00434. The molecular weight excluding hydrogens is 250 g/mol. The number of rotatable bonds is 3. The number of hydrogen-bond donors (Lipinski definition) is 1. The Morgan fingerprint density at radius 2 is 2.05 bits per heavy atom. The molecule has 4 heteroatoms. The molecule has 1 aliphatic heterocycles. The third kappa shape index (κ3) is 3.00. The van der Waals surface area contributed by atoms with E-state index in [4.69, 9.17) is 5.26 Å². The molecule has 1 heterocycles.